The molecule has 1 amide bonds. The smallest absolute Gasteiger partial charge is 0.251 e. The van der Waals surface area contributed by atoms with E-state index in [2.05, 4.69) is 10.0 Å². The van der Waals surface area contributed by atoms with Gasteiger partial charge in [0.2, 0.25) is 10.0 Å². The molecule has 0 aliphatic rings. The van der Waals surface area contributed by atoms with Crippen LogP contribution in [0.2, 0.25) is 0 Å². The number of nitrogens with one attached hydrogen (secondary N) is 2. The molecular formula is C17H19FN2O3S. The molecule has 0 atom stereocenters. The number of aryl methyl sites for hydroxylation is 2. The van der Waals surface area contributed by atoms with Crippen LogP contribution >= 0.6 is 0 Å². The topological polar surface area (TPSA) is 75.3 Å². The average molecular weight is 350 g/mol. The van der Waals surface area contributed by atoms with Crippen molar-refractivity contribution in [1.82, 2.24) is 10.0 Å². The second-order valence-electron chi connectivity index (χ2n) is 5.43. The molecule has 0 spiro atoms. The summed E-state index contributed by atoms with van der Waals surface area (Å²) in [6, 6.07) is 10.5. The number of hydrogen-bond acceptors (Lipinski definition) is 3. The Morgan fingerprint density at radius 2 is 1.83 bits per heavy atom. The van der Waals surface area contributed by atoms with Crippen molar-refractivity contribution >= 4 is 15.9 Å². The van der Waals surface area contributed by atoms with Crippen LogP contribution in [0.15, 0.2) is 47.4 Å². The quantitative estimate of drug-likeness (QED) is 0.784. The fourth-order valence-corrected chi connectivity index (χ4v) is 3.53. The normalized spacial score (nSPS) is 11.3. The number of benzene rings is 2. The Hall–Kier alpha value is -2.25. The van der Waals surface area contributed by atoms with Crippen LogP contribution in [0.5, 0.6) is 0 Å². The van der Waals surface area contributed by atoms with Gasteiger partial charge < -0.3 is 5.32 Å². The van der Waals surface area contributed by atoms with Gasteiger partial charge in [0.25, 0.3) is 5.91 Å². The van der Waals surface area contributed by atoms with Crippen LogP contribution in [0.3, 0.4) is 0 Å². The van der Waals surface area contributed by atoms with E-state index >= 15 is 0 Å². The summed E-state index contributed by atoms with van der Waals surface area (Å²) >= 11 is 0. The zero-order valence-corrected chi connectivity index (χ0v) is 14.3. The lowest BCUT2D eigenvalue weighted by Crippen LogP contribution is -2.35. The van der Waals surface area contributed by atoms with Gasteiger partial charge in [-0.1, -0.05) is 18.2 Å². The van der Waals surface area contributed by atoms with Crippen molar-refractivity contribution in [2.24, 2.45) is 0 Å². The van der Waals surface area contributed by atoms with E-state index in [0.29, 0.717) is 5.56 Å². The Morgan fingerprint density at radius 3 is 2.54 bits per heavy atom. The first-order chi connectivity index (χ1) is 11.3. The summed E-state index contributed by atoms with van der Waals surface area (Å²) in [4.78, 5) is 12.1. The fraction of sp³-hybridized carbons (Fsp3) is 0.235. The molecule has 24 heavy (non-hydrogen) atoms. The van der Waals surface area contributed by atoms with Crippen LogP contribution in [0.4, 0.5) is 4.39 Å². The Labute approximate surface area is 141 Å². The van der Waals surface area contributed by atoms with Crippen molar-refractivity contribution < 1.29 is 17.6 Å². The molecule has 128 valence electrons. The number of rotatable bonds is 6. The highest BCUT2D eigenvalue weighted by Gasteiger charge is 2.16. The standard InChI is InChI=1S/C17H19FN2O3S/c1-12-6-7-13(2)16(10-12)24(22,23)20-9-8-19-17(21)14-4-3-5-15(18)11-14/h3-7,10-11,20H,8-9H2,1-2H3,(H,19,21). The van der Waals surface area contributed by atoms with Gasteiger partial charge in [0.05, 0.1) is 4.90 Å². The molecule has 2 aromatic rings. The van der Waals surface area contributed by atoms with Gasteiger partial charge in [-0.2, -0.15) is 0 Å². The number of carbonyl (C=O) groups is 1. The maximum Gasteiger partial charge on any atom is 0.251 e. The molecule has 0 fully saturated rings. The number of carbonyl (C=O) groups excluding carboxylic acids is 1. The van der Waals surface area contributed by atoms with Gasteiger partial charge in [-0.25, -0.2) is 17.5 Å². The van der Waals surface area contributed by atoms with Crippen molar-refractivity contribution in [3.8, 4) is 0 Å². The minimum Gasteiger partial charge on any atom is -0.351 e. The molecule has 0 aliphatic heterocycles. The molecule has 0 aliphatic carbocycles. The lowest BCUT2D eigenvalue weighted by molar-refractivity contribution is 0.0954. The van der Waals surface area contributed by atoms with Crippen LogP contribution in [0.1, 0.15) is 21.5 Å². The van der Waals surface area contributed by atoms with E-state index in [9.17, 15) is 17.6 Å². The Bertz CT molecular complexity index is 851. The average Bonchev–Trinajstić information content (AvgIpc) is 2.53. The van der Waals surface area contributed by atoms with Crippen LogP contribution < -0.4 is 10.0 Å². The fourth-order valence-electron chi connectivity index (χ4n) is 2.17. The minimum atomic E-state index is -3.64. The lowest BCUT2D eigenvalue weighted by atomic mass is 10.2. The van der Waals surface area contributed by atoms with Crippen molar-refractivity contribution in [1.29, 1.82) is 0 Å². The Balaban J connectivity index is 1.92. The number of halogens is 1. The lowest BCUT2D eigenvalue weighted by Gasteiger charge is -2.11. The highest BCUT2D eigenvalue weighted by molar-refractivity contribution is 7.89. The first-order valence-corrected chi connectivity index (χ1v) is 8.88. The summed E-state index contributed by atoms with van der Waals surface area (Å²) in [5, 5.41) is 2.54. The predicted octanol–water partition coefficient (Wildman–Crippen LogP) is 2.15. The predicted molar refractivity (Wildman–Crippen MR) is 89.8 cm³/mol. The van der Waals surface area contributed by atoms with Gasteiger partial charge in [-0.05, 0) is 49.2 Å². The van der Waals surface area contributed by atoms with E-state index < -0.39 is 21.7 Å². The first-order valence-electron chi connectivity index (χ1n) is 7.40. The van der Waals surface area contributed by atoms with E-state index in [-0.39, 0.29) is 23.5 Å². The van der Waals surface area contributed by atoms with E-state index in [4.69, 9.17) is 0 Å². The first kappa shape index (κ1) is 18.1. The van der Waals surface area contributed by atoms with Gasteiger partial charge >= 0.3 is 0 Å². The second kappa shape index (κ2) is 7.55. The van der Waals surface area contributed by atoms with Crippen LogP contribution in [0.25, 0.3) is 0 Å². The maximum absolute atomic E-state index is 13.1. The van der Waals surface area contributed by atoms with E-state index in [1.54, 1.807) is 19.1 Å². The molecule has 0 unspecified atom stereocenters. The van der Waals surface area contributed by atoms with Gasteiger partial charge in [-0.3, -0.25) is 4.79 Å². The third-order valence-corrected chi connectivity index (χ3v) is 5.03. The van der Waals surface area contributed by atoms with Crippen LogP contribution in [0, 0.1) is 19.7 Å². The Kier molecular flexibility index (Phi) is 5.69. The molecule has 0 saturated carbocycles. The summed E-state index contributed by atoms with van der Waals surface area (Å²) in [5.41, 5.74) is 1.68. The Morgan fingerprint density at radius 1 is 1.08 bits per heavy atom. The highest BCUT2D eigenvalue weighted by atomic mass is 32.2. The zero-order valence-electron chi connectivity index (χ0n) is 13.5. The minimum absolute atomic E-state index is 0.0385. The van der Waals surface area contributed by atoms with E-state index in [0.717, 1.165) is 11.6 Å². The summed E-state index contributed by atoms with van der Waals surface area (Å²) in [7, 11) is -3.64. The molecule has 2 N–H and O–H groups in total. The van der Waals surface area contributed by atoms with Crippen molar-refractivity contribution in [2.75, 3.05) is 13.1 Å². The molecule has 5 nitrogen and oxygen atoms in total. The van der Waals surface area contributed by atoms with Crippen molar-refractivity contribution in [2.45, 2.75) is 18.7 Å². The molecule has 0 saturated heterocycles. The van der Waals surface area contributed by atoms with Gasteiger partial charge in [0, 0.05) is 18.7 Å². The number of sulfonamides is 1. The summed E-state index contributed by atoms with van der Waals surface area (Å²) in [6.07, 6.45) is 0. The largest absolute Gasteiger partial charge is 0.351 e. The summed E-state index contributed by atoms with van der Waals surface area (Å²) in [6.45, 7) is 3.67. The molecule has 0 aromatic heterocycles. The van der Waals surface area contributed by atoms with Gasteiger partial charge in [0.15, 0.2) is 0 Å². The monoisotopic (exact) mass is 350 g/mol. The van der Waals surface area contributed by atoms with Crippen LogP contribution in [-0.2, 0) is 10.0 Å². The van der Waals surface area contributed by atoms with Crippen molar-refractivity contribution in [3.63, 3.8) is 0 Å². The molecule has 0 bridgehead atoms. The molecule has 2 aromatic carbocycles. The van der Waals surface area contributed by atoms with Crippen LogP contribution in [-0.4, -0.2) is 27.4 Å². The maximum atomic E-state index is 13.1. The molecular weight excluding hydrogens is 331 g/mol. The molecule has 2 rings (SSSR count). The molecule has 0 heterocycles. The van der Waals surface area contributed by atoms with E-state index in [1.165, 1.54) is 18.2 Å². The van der Waals surface area contributed by atoms with Gasteiger partial charge in [-0.15, -0.1) is 0 Å². The van der Waals surface area contributed by atoms with Gasteiger partial charge in [0.1, 0.15) is 5.82 Å². The number of amides is 1. The molecule has 7 heteroatoms. The van der Waals surface area contributed by atoms with Crippen molar-refractivity contribution in [3.05, 3.63) is 65.0 Å². The number of hydrogen-bond donors (Lipinski definition) is 2. The summed E-state index contributed by atoms with van der Waals surface area (Å²) < 4.78 is 40.1. The van der Waals surface area contributed by atoms with E-state index in [1.807, 2.05) is 13.0 Å². The third kappa shape index (κ3) is 4.62. The zero-order chi connectivity index (χ0) is 17.7. The highest BCUT2D eigenvalue weighted by Crippen LogP contribution is 2.16. The second-order valence-corrected chi connectivity index (χ2v) is 7.17. The molecule has 0 radical (unpaired) electrons. The third-order valence-electron chi connectivity index (χ3n) is 3.42. The summed E-state index contributed by atoms with van der Waals surface area (Å²) in [5.74, 6) is -0.960. The SMILES string of the molecule is Cc1ccc(C)c(S(=O)(=O)NCCNC(=O)c2cccc(F)c2)c1.